The molecule has 0 aromatic carbocycles. The van der Waals surface area contributed by atoms with Gasteiger partial charge in [-0.15, -0.1) is 6.58 Å². The minimum atomic E-state index is 0. The van der Waals surface area contributed by atoms with E-state index in [1.165, 1.54) is 0 Å². The van der Waals surface area contributed by atoms with Gasteiger partial charge in [-0.3, -0.25) is 4.79 Å². The number of carbonyl (C=O) groups excluding carboxylic acids is 1. The zero-order valence-corrected chi connectivity index (χ0v) is 12.1. The number of hydrogen-bond donors (Lipinski definition) is 0. The lowest BCUT2D eigenvalue weighted by atomic mass is 9.96. The largest absolute Gasteiger partial charge is 1.00 e. The van der Waals surface area contributed by atoms with Gasteiger partial charge in [-0.1, -0.05) is 5.57 Å². The summed E-state index contributed by atoms with van der Waals surface area (Å²) >= 11 is 0. The summed E-state index contributed by atoms with van der Waals surface area (Å²) in [5.74, 6) is 0.411. The maximum atomic E-state index is 11.3. The number of nitrogens with zero attached hydrogens (tertiary/aromatic N) is 1. The van der Waals surface area contributed by atoms with Crippen LogP contribution in [0.25, 0.3) is 0 Å². The number of quaternary nitrogens is 1. The Morgan fingerprint density at radius 3 is 1.93 bits per heavy atom. The summed E-state index contributed by atoms with van der Waals surface area (Å²) in [5, 5.41) is 0. The molecule has 0 spiro atoms. The number of allylic oxidation sites excluding steroid dienone is 1. The van der Waals surface area contributed by atoms with Crippen molar-refractivity contribution in [2.45, 2.75) is 20.3 Å². The van der Waals surface area contributed by atoms with Crippen molar-refractivity contribution in [1.82, 2.24) is 0 Å². The highest BCUT2D eigenvalue weighted by molar-refractivity contribution is 5.78. The van der Waals surface area contributed by atoms with Crippen LogP contribution in [0.1, 0.15) is 20.3 Å². The second-order valence-corrected chi connectivity index (χ2v) is 4.94. The zero-order chi connectivity index (χ0) is 10.6. The van der Waals surface area contributed by atoms with Crippen molar-refractivity contribution in [3.8, 4) is 0 Å². The Bertz CT molecular complexity index is 206. The van der Waals surface area contributed by atoms with Crippen molar-refractivity contribution < 1.29 is 33.3 Å². The quantitative estimate of drug-likeness (QED) is 0.357. The Morgan fingerprint density at radius 1 is 1.29 bits per heavy atom. The standard InChI is InChI=1S/C11H22NO.HI/c1-9(2)7-11(10(3)13)8-12(4,5)6;/h11H,1,7-8H2,2-6H3;1H/q+1;/p-1. The first-order valence-electron chi connectivity index (χ1n) is 4.67. The van der Waals surface area contributed by atoms with Crippen molar-refractivity contribution in [2.24, 2.45) is 5.92 Å². The molecule has 1 atom stereocenters. The summed E-state index contributed by atoms with van der Waals surface area (Å²) in [5.41, 5.74) is 1.09. The molecule has 0 bridgehead atoms. The first kappa shape index (κ1) is 16.5. The Labute approximate surface area is 105 Å². The summed E-state index contributed by atoms with van der Waals surface area (Å²) in [6.07, 6.45) is 0.824. The van der Waals surface area contributed by atoms with E-state index in [9.17, 15) is 4.79 Å². The molecule has 0 saturated heterocycles. The van der Waals surface area contributed by atoms with Gasteiger partial charge in [0.2, 0.25) is 0 Å². The van der Waals surface area contributed by atoms with Crippen LogP contribution in [-0.2, 0) is 4.79 Å². The van der Waals surface area contributed by atoms with Gasteiger partial charge in [-0.2, -0.15) is 0 Å². The van der Waals surface area contributed by atoms with E-state index in [1.54, 1.807) is 6.92 Å². The average Bonchev–Trinajstić information content (AvgIpc) is 1.81. The van der Waals surface area contributed by atoms with E-state index in [0.717, 1.165) is 23.0 Å². The molecule has 0 N–H and O–H groups in total. The number of hydrogen-bond acceptors (Lipinski definition) is 1. The average molecular weight is 311 g/mol. The van der Waals surface area contributed by atoms with E-state index in [-0.39, 0.29) is 35.7 Å². The smallest absolute Gasteiger partial charge is 0.138 e. The fourth-order valence-corrected chi connectivity index (χ4v) is 1.42. The summed E-state index contributed by atoms with van der Waals surface area (Å²) in [7, 11) is 6.32. The second-order valence-electron chi connectivity index (χ2n) is 4.94. The summed E-state index contributed by atoms with van der Waals surface area (Å²) in [6.45, 7) is 8.39. The lowest BCUT2D eigenvalue weighted by Gasteiger charge is -2.28. The molecule has 0 fully saturated rings. The normalized spacial score (nSPS) is 12.9. The molecule has 0 heterocycles. The molecular weight excluding hydrogens is 289 g/mol. The molecule has 14 heavy (non-hydrogen) atoms. The molecule has 0 aromatic heterocycles. The van der Waals surface area contributed by atoms with Crippen LogP contribution in [0.5, 0.6) is 0 Å². The number of Topliss-reactive ketones (excluding diaryl/α,β-unsaturated/α-hetero) is 1. The lowest BCUT2D eigenvalue weighted by molar-refractivity contribution is -0.872. The zero-order valence-electron chi connectivity index (χ0n) is 9.93. The van der Waals surface area contributed by atoms with E-state index < -0.39 is 0 Å². The molecule has 0 saturated carbocycles. The van der Waals surface area contributed by atoms with Crippen LogP contribution < -0.4 is 24.0 Å². The van der Waals surface area contributed by atoms with Crippen LogP contribution in [0.3, 0.4) is 0 Å². The first-order chi connectivity index (χ1) is 5.72. The number of halogens is 1. The molecule has 3 heteroatoms. The molecule has 0 aliphatic heterocycles. The topological polar surface area (TPSA) is 17.1 Å². The van der Waals surface area contributed by atoms with Crippen molar-refractivity contribution in [3.05, 3.63) is 12.2 Å². The van der Waals surface area contributed by atoms with Gasteiger partial charge in [0.05, 0.1) is 33.6 Å². The van der Waals surface area contributed by atoms with Crippen molar-refractivity contribution in [3.63, 3.8) is 0 Å². The molecular formula is C11H22INO. The van der Waals surface area contributed by atoms with Gasteiger partial charge in [-0.05, 0) is 20.3 Å². The van der Waals surface area contributed by atoms with Gasteiger partial charge in [0.1, 0.15) is 5.78 Å². The van der Waals surface area contributed by atoms with Gasteiger partial charge in [0.25, 0.3) is 0 Å². The first-order valence-corrected chi connectivity index (χ1v) is 4.67. The lowest BCUT2D eigenvalue weighted by Crippen LogP contribution is -3.00. The molecule has 0 rings (SSSR count). The second kappa shape index (κ2) is 6.56. The highest BCUT2D eigenvalue weighted by atomic mass is 127. The Kier molecular flexibility index (Phi) is 7.74. The molecule has 84 valence electrons. The summed E-state index contributed by atoms with van der Waals surface area (Å²) < 4.78 is 0.831. The fraction of sp³-hybridized carbons (Fsp3) is 0.727. The van der Waals surface area contributed by atoms with E-state index >= 15 is 0 Å². The van der Waals surface area contributed by atoms with Gasteiger partial charge in [0.15, 0.2) is 0 Å². The third-order valence-corrected chi connectivity index (χ3v) is 1.94. The molecule has 0 amide bonds. The molecule has 0 aliphatic carbocycles. The van der Waals surface area contributed by atoms with Gasteiger partial charge in [0, 0.05) is 0 Å². The molecule has 1 unspecified atom stereocenters. The monoisotopic (exact) mass is 311 g/mol. The highest BCUT2D eigenvalue weighted by Gasteiger charge is 2.21. The molecule has 2 nitrogen and oxygen atoms in total. The Hall–Kier alpha value is 0.100. The van der Waals surface area contributed by atoms with E-state index in [2.05, 4.69) is 27.7 Å². The fourth-order valence-electron chi connectivity index (χ4n) is 1.42. The maximum Gasteiger partial charge on any atom is 0.138 e. The minimum Gasteiger partial charge on any atom is -1.00 e. The number of ketones is 1. The van der Waals surface area contributed by atoms with Gasteiger partial charge >= 0.3 is 0 Å². The van der Waals surface area contributed by atoms with Crippen LogP contribution in [0.4, 0.5) is 0 Å². The molecule has 0 radical (unpaired) electrons. The van der Waals surface area contributed by atoms with Crippen LogP contribution in [0.15, 0.2) is 12.2 Å². The maximum absolute atomic E-state index is 11.3. The Morgan fingerprint density at radius 2 is 1.71 bits per heavy atom. The third kappa shape index (κ3) is 8.69. The van der Waals surface area contributed by atoms with Crippen molar-refractivity contribution >= 4 is 5.78 Å². The van der Waals surface area contributed by atoms with Gasteiger partial charge in [-0.25, -0.2) is 0 Å². The van der Waals surface area contributed by atoms with Crippen LogP contribution in [0, 0.1) is 5.92 Å². The predicted octanol–water partition coefficient (Wildman–Crippen LogP) is -1.13. The molecule has 0 aliphatic rings. The molecule has 0 aromatic rings. The Balaban J connectivity index is 0. The van der Waals surface area contributed by atoms with Gasteiger partial charge < -0.3 is 28.5 Å². The summed E-state index contributed by atoms with van der Waals surface area (Å²) in [6, 6.07) is 0. The summed E-state index contributed by atoms with van der Waals surface area (Å²) in [4.78, 5) is 11.3. The number of carbonyl (C=O) groups is 1. The van der Waals surface area contributed by atoms with E-state index in [4.69, 9.17) is 0 Å². The third-order valence-electron chi connectivity index (χ3n) is 1.94. The van der Waals surface area contributed by atoms with E-state index in [1.807, 2.05) is 6.92 Å². The van der Waals surface area contributed by atoms with Crippen LogP contribution in [0.2, 0.25) is 0 Å². The highest BCUT2D eigenvalue weighted by Crippen LogP contribution is 2.14. The van der Waals surface area contributed by atoms with Crippen LogP contribution >= 0.6 is 0 Å². The SMILES string of the molecule is C=C(C)CC(C[N+](C)(C)C)C(C)=O.[I-]. The van der Waals surface area contributed by atoms with E-state index in [0.29, 0.717) is 0 Å². The predicted molar refractivity (Wildman–Crippen MR) is 56.5 cm³/mol. The minimum absolute atomic E-state index is 0. The van der Waals surface area contributed by atoms with Crippen LogP contribution in [-0.4, -0.2) is 38.0 Å². The number of rotatable bonds is 5. The van der Waals surface area contributed by atoms with Crippen molar-refractivity contribution in [2.75, 3.05) is 27.7 Å². The van der Waals surface area contributed by atoms with Crippen molar-refractivity contribution in [1.29, 1.82) is 0 Å².